The average Bonchev–Trinajstić information content (AvgIpc) is 3.85. The molecule has 3 aliphatic rings. The first-order chi connectivity index (χ1) is 17.7. The first-order valence-corrected chi connectivity index (χ1v) is 12.7. The molecule has 4 heteroatoms. The van der Waals surface area contributed by atoms with Crippen molar-refractivity contribution in [2.45, 2.75) is 30.7 Å². The Morgan fingerprint density at radius 3 is 1.78 bits per heavy atom. The van der Waals surface area contributed by atoms with Crippen molar-refractivity contribution < 1.29 is 18.9 Å². The molecule has 2 aliphatic heterocycles. The molecule has 0 aromatic heterocycles. The molecular weight excluding hydrogens is 448 g/mol. The topological polar surface area (TPSA) is 43.5 Å². The van der Waals surface area contributed by atoms with Crippen LogP contribution >= 0.6 is 0 Å². The summed E-state index contributed by atoms with van der Waals surface area (Å²) in [5.74, 6) is 1.73. The minimum absolute atomic E-state index is 0.0475. The van der Waals surface area contributed by atoms with Crippen molar-refractivity contribution in [1.82, 2.24) is 0 Å². The third kappa shape index (κ3) is 3.60. The molecule has 4 aromatic carbocycles. The lowest BCUT2D eigenvalue weighted by Gasteiger charge is -2.34. The highest BCUT2D eigenvalue weighted by atomic mass is 16.6. The van der Waals surface area contributed by atoms with E-state index in [1.54, 1.807) is 0 Å². The van der Waals surface area contributed by atoms with Crippen LogP contribution in [0, 0.1) is 0 Å². The molecular formula is C32H28O4. The summed E-state index contributed by atoms with van der Waals surface area (Å²) in [5, 5.41) is 0. The van der Waals surface area contributed by atoms with Gasteiger partial charge in [-0.1, -0.05) is 72.8 Å². The predicted molar refractivity (Wildman–Crippen MR) is 139 cm³/mol. The summed E-state index contributed by atoms with van der Waals surface area (Å²) in [7, 11) is 0. The first kappa shape index (κ1) is 21.7. The number of hydrogen-bond donors (Lipinski definition) is 0. The van der Waals surface area contributed by atoms with Gasteiger partial charge in [-0.3, -0.25) is 0 Å². The molecule has 2 unspecified atom stereocenters. The van der Waals surface area contributed by atoms with Gasteiger partial charge in [-0.15, -0.1) is 0 Å². The molecule has 7 rings (SSSR count). The van der Waals surface area contributed by atoms with E-state index in [1.165, 1.54) is 33.4 Å². The van der Waals surface area contributed by atoms with Gasteiger partial charge >= 0.3 is 0 Å². The second-order valence-electron chi connectivity index (χ2n) is 9.85. The van der Waals surface area contributed by atoms with Crippen LogP contribution in [0.5, 0.6) is 11.5 Å². The van der Waals surface area contributed by atoms with Crippen LogP contribution in [0.1, 0.15) is 29.2 Å². The monoisotopic (exact) mass is 476 g/mol. The summed E-state index contributed by atoms with van der Waals surface area (Å²) < 4.78 is 22.8. The number of ether oxygens (including phenoxy) is 4. The minimum Gasteiger partial charge on any atom is -0.491 e. The highest BCUT2D eigenvalue weighted by Crippen LogP contribution is 2.56. The van der Waals surface area contributed by atoms with Gasteiger partial charge in [-0.25, -0.2) is 0 Å². The van der Waals surface area contributed by atoms with Crippen LogP contribution in [-0.2, 0) is 14.9 Å². The van der Waals surface area contributed by atoms with Gasteiger partial charge in [0.2, 0.25) is 0 Å². The fourth-order valence-electron chi connectivity index (χ4n) is 5.58. The number of hydrogen-bond acceptors (Lipinski definition) is 4. The summed E-state index contributed by atoms with van der Waals surface area (Å²) in [6, 6.07) is 34.7. The summed E-state index contributed by atoms with van der Waals surface area (Å²) in [6.45, 7) is 4.24. The van der Waals surface area contributed by atoms with Gasteiger partial charge in [0.05, 0.1) is 18.6 Å². The fraction of sp³-hybridized carbons (Fsp3) is 0.250. The van der Waals surface area contributed by atoms with Crippen molar-refractivity contribution in [3.63, 3.8) is 0 Å². The number of benzene rings is 4. The maximum absolute atomic E-state index is 6.15. The van der Waals surface area contributed by atoms with Gasteiger partial charge in [0.25, 0.3) is 0 Å². The van der Waals surface area contributed by atoms with E-state index in [9.17, 15) is 0 Å². The van der Waals surface area contributed by atoms with E-state index < -0.39 is 5.41 Å². The quantitative estimate of drug-likeness (QED) is 0.258. The minimum atomic E-state index is -0.435. The predicted octanol–water partition coefficient (Wildman–Crippen LogP) is 5.99. The van der Waals surface area contributed by atoms with Gasteiger partial charge in [0.15, 0.2) is 0 Å². The number of fused-ring (bicyclic) bond motifs is 3. The largest absolute Gasteiger partial charge is 0.491 e. The summed E-state index contributed by atoms with van der Waals surface area (Å²) in [6.07, 6.45) is 0.489. The third-order valence-electron chi connectivity index (χ3n) is 7.57. The van der Waals surface area contributed by atoms with Crippen LogP contribution in [0.2, 0.25) is 0 Å². The normalized spacial score (nSPS) is 21.2. The Bertz CT molecular complexity index is 1340. The van der Waals surface area contributed by atoms with Crippen LogP contribution < -0.4 is 9.47 Å². The van der Waals surface area contributed by atoms with Crippen LogP contribution in [0.3, 0.4) is 0 Å². The smallest absolute Gasteiger partial charge is 0.124 e. The van der Waals surface area contributed by atoms with E-state index in [-0.39, 0.29) is 18.3 Å². The summed E-state index contributed by atoms with van der Waals surface area (Å²) >= 11 is 0. The summed E-state index contributed by atoms with van der Waals surface area (Å²) in [5.41, 5.74) is 7.12. The van der Waals surface area contributed by atoms with Gasteiger partial charge in [0.1, 0.15) is 36.4 Å². The lowest BCUT2D eigenvalue weighted by atomic mass is 9.68. The molecule has 0 spiro atoms. The second-order valence-corrected chi connectivity index (χ2v) is 9.85. The molecule has 2 fully saturated rings. The number of rotatable bonds is 8. The third-order valence-corrected chi connectivity index (χ3v) is 7.57. The van der Waals surface area contributed by atoms with Crippen molar-refractivity contribution in [3.8, 4) is 22.6 Å². The van der Waals surface area contributed by atoms with E-state index in [2.05, 4.69) is 104 Å². The fourth-order valence-corrected chi connectivity index (χ4v) is 5.58. The zero-order chi connectivity index (χ0) is 24.1. The van der Waals surface area contributed by atoms with Gasteiger partial charge in [-0.05, 0) is 64.6 Å². The zero-order valence-corrected chi connectivity index (χ0v) is 20.2. The Morgan fingerprint density at radius 2 is 1.25 bits per heavy atom. The van der Waals surface area contributed by atoms with E-state index in [1.807, 2.05) is 0 Å². The molecule has 3 atom stereocenters. The number of epoxide rings is 2. The lowest BCUT2D eigenvalue weighted by Crippen LogP contribution is -2.28. The van der Waals surface area contributed by atoms with Crippen molar-refractivity contribution in [2.24, 2.45) is 0 Å². The van der Waals surface area contributed by atoms with Crippen molar-refractivity contribution in [1.29, 1.82) is 0 Å². The molecule has 2 saturated heterocycles. The Morgan fingerprint density at radius 1 is 0.722 bits per heavy atom. The van der Waals surface area contributed by atoms with Crippen molar-refractivity contribution in [3.05, 3.63) is 119 Å². The maximum Gasteiger partial charge on any atom is 0.124 e. The summed E-state index contributed by atoms with van der Waals surface area (Å²) in [4.78, 5) is 0. The molecule has 4 aromatic rings. The average molecular weight is 477 g/mol. The van der Waals surface area contributed by atoms with E-state index >= 15 is 0 Å². The standard InChI is InChI=1S/C32H28O4/c1-21(31-20-35-31)36-25-16-12-23(13-17-25)32(22-10-14-24(15-11-22)33-18-26-19-34-26)29-8-4-2-6-27(29)28-7-3-5-9-30(28)32/h2-17,21,26,31H,18-20H2,1H3/t21-,26?,31?/m0/s1. The molecule has 0 saturated carbocycles. The molecule has 2 heterocycles. The lowest BCUT2D eigenvalue weighted by molar-refractivity contribution is 0.176. The Hall–Kier alpha value is -3.60. The first-order valence-electron chi connectivity index (χ1n) is 12.7. The van der Waals surface area contributed by atoms with Crippen LogP contribution in [-0.4, -0.2) is 38.1 Å². The second kappa shape index (κ2) is 8.51. The Labute approximate surface area is 211 Å². The molecule has 0 N–H and O–H groups in total. The molecule has 0 radical (unpaired) electrons. The van der Waals surface area contributed by atoms with Gasteiger partial charge in [0, 0.05) is 0 Å². The van der Waals surface area contributed by atoms with Crippen LogP contribution in [0.25, 0.3) is 11.1 Å². The molecule has 180 valence electrons. The van der Waals surface area contributed by atoms with Crippen molar-refractivity contribution in [2.75, 3.05) is 19.8 Å². The van der Waals surface area contributed by atoms with E-state index in [4.69, 9.17) is 18.9 Å². The Balaban J connectivity index is 1.35. The van der Waals surface area contributed by atoms with Gasteiger partial charge < -0.3 is 18.9 Å². The van der Waals surface area contributed by atoms with Gasteiger partial charge in [-0.2, -0.15) is 0 Å². The van der Waals surface area contributed by atoms with E-state index in [0.29, 0.717) is 6.61 Å². The van der Waals surface area contributed by atoms with Crippen molar-refractivity contribution >= 4 is 0 Å². The molecule has 0 amide bonds. The van der Waals surface area contributed by atoms with Crippen LogP contribution in [0.4, 0.5) is 0 Å². The SMILES string of the molecule is C[C@H](Oc1ccc(C2(c3ccc(OCC4CO4)cc3)c3ccccc3-c3ccccc32)cc1)C1CO1. The van der Waals surface area contributed by atoms with E-state index in [0.717, 1.165) is 24.7 Å². The Kier molecular flexibility index (Phi) is 5.12. The maximum atomic E-state index is 6.15. The molecule has 1 aliphatic carbocycles. The molecule has 0 bridgehead atoms. The highest BCUT2D eigenvalue weighted by Gasteiger charge is 2.46. The zero-order valence-electron chi connectivity index (χ0n) is 20.2. The molecule has 4 nitrogen and oxygen atoms in total. The molecule has 36 heavy (non-hydrogen) atoms. The highest BCUT2D eigenvalue weighted by molar-refractivity contribution is 5.86. The van der Waals surface area contributed by atoms with Crippen LogP contribution in [0.15, 0.2) is 97.1 Å².